The first-order chi connectivity index (χ1) is 13.3. The van der Waals surface area contributed by atoms with Crippen LogP contribution in [0.1, 0.15) is 31.4 Å². The van der Waals surface area contributed by atoms with Gasteiger partial charge in [0, 0.05) is 52.4 Å². The number of nitrogens with one attached hydrogen (secondary N) is 1. The molecule has 2 unspecified atom stereocenters. The molecule has 0 spiro atoms. The number of likely N-dealkylation sites (tertiary alicyclic amines) is 1. The minimum atomic E-state index is 0.137. The topological polar surface area (TPSA) is 49.3 Å². The summed E-state index contributed by atoms with van der Waals surface area (Å²) in [6.45, 7) is 9.71. The molecule has 150 valence electrons. The molecule has 0 amide bonds. The molecule has 0 bridgehead atoms. The van der Waals surface area contributed by atoms with E-state index in [0.29, 0.717) is 6.04 Å². The van der Waals surface area contributed by atoms with E-state index < -0.39 is 0 Å². The molecule has 6 heteroatoms. The number of morpholine rings is 1. The maximum Gasteiger partial charge on any atom is 0.193 e. The summed E-state index contributed by atoms with van der Waals surface area (Å²) in [6, 6.07) is 11.0. The zero-order chi connectivity index (χ0) is 18.9. The summed E-state index contributed by atoms with van der Waals surface area (Å²) in [5.74, 6) is 1.02. The summed E-state index contributed by atoms with van der Waals surface area (Å²) in [5.41, 5.74) is 1.23. The number of nitrogens with zero attached hydrogens (tertiary/aromatic N) is 3. The van der Waals surface area contributed by atoms with Gasteiger partial charge in [-0.25, -0.2) is 0 Å². The van der Waals surface area contributed by atoms with E-state index in [4.69, 9.17) is 9.47 Å². The molecule has 2 saturated heterocycles. The molecule has 0 radical (unpaired) electrons. The number of benzene rings is 1. The van der Waals surface area contributed by atoms with Crippen molar-refractivity contribution < 1.29 is 9.47 Å². The van der Waals surface area contributed by atoms with Gasteiger partial charge >= 0.3 is 0 Å². The van der Waals surface area contributed by atoms with Crippen molar-refractivity contribution in [1.82, 2.24) is 15.1 Å². The fourth-order valence-corrected chi connectivity index (χ4v) is 3.86. The van der Waals surface area contributed by atoms with Crippen molar-refractivity contribution in [2.24, 2.45) is 4.99 Å². The largest absolute Gasteiger partial charge is 0.379 e. The summed E-state index contributed by atoms with van der Waals surface area (Å²) < 4.78 is 11.4. The van der Waals surface area contributed by atoms with Crippen molar-refractivity contribution in [2.75, 3.05) is 59.6 Å². The van der Waals surface area contributed by atoms with Crippen molar-refractivity contribution in [3.8, 4) is 0 Å². The zero-order valence-corrected chi connectivity index (χ0v) is 16.8. The minimum absolute atomic E-state index is 0.137. The maximum atomic E-state index is 5.95. The average Bonchev–Trinajstić information content (AvgIpc) is 3.22. The second kappa shape index (κ2) is 10.6. The third-order valence-corrected chi connectivity index (χ3v) is 5.48. The molecule has 27 heavy (non-hydrogen) atoms. The average molecular weight is 375 g/mol. The smallest absolute Gasteiger partial charge is 0.193 e. The Labute approximate surface area is 163 Å². The minimum Gasteiger partial charge on any atom is -0.379 e. The highest BCUT2D eigenvalue weighted by atomic mass is 16.5. The van der Waals surface area contributed by atoms with Gasteiger partial charge in [0.1, 0.15) is 0 Å². The van der Waals surface area contributed by atoms with E-state index >= 15 is 0 Å². The number of ether oxygens (including phenoxy) is 2. The summed E-state index contributed by atoms with van der Waals surface area (Å²) in [4.78, 5) is 9.42. The molecule has 0 aromatic heterocycles. The van der Waals surface area contributed by atoms with Crippen LogP contribution in [0, 0.1) is 0 Å². The third kappa shape index (κ3) is 5.92. The van der Waals surface area contributed by atoms with Gasteiger partial charge in [-0.15, -0.1) is 0 Å². The molecule has 1 N–H and O–H groups in total. The normalized spacial score (nSPS) is 22.8. The molecule has 3 rings (SSSR count). The highest BCUT2D eigenvalue weighted by Crippen LogP contribution is 2.17. The lowest BCUT2D eigenvalue weighted by Gasteiger charge is -2.32. The van der Waals surface area contributed by atoms with Gasteiger partial charge in [0.2, 0.25) is 0 Å². The highest BCUT2D eigenvalue weighted by Gasteiger charge is 2.30. The third-order valence-electron chi connectivity index (χ3n) is 5.48. The highest BCUT2D eigenvalue weighted by molar-refractivity contribution is 5.80. The van der Waals surface area contributed by atoms with Gasteiger partial charge in [-0.3, -0.25) is 9.89 Å². The standard InChI is InChI=1S/C21H34N4O2/c1-18(19-7-4-3-5-8-19)27-14-6-10-23-21(22-2)25-11-9-20(17-25)24-12-15-26-16-13-24/h3-5,7-8,18,20H,6,9-17H2,1-2H3,(H,22,23). The molecule has 2 aliphatic rings. The number of aliphatic imine (C=N–C) groups is 1. The Morgan fingerprint density at radius 3 is 2.78 bits per heavy atom. The lowest BCUT2D eigenvalue weighted by molar-refractivity contribution is 0.0195. The van der Waals surface area contributed by atoms with E-state index in [0.717, 1.165) is 64.9 Å². The molecule has 2 atom stereocenters. The Morgan fingerprint density at radius 2 is 2.04 bits per heavy atom. The first-order valence-corrected chi connectivity index (χ1v) is 10.2. The van der Waals surface area contributed by atoms with Gasteiger partial charge in [0.05, 0.1) is 19.3 Å². The zero-order valence-electron chi connectivity index (χ0n) is 16.8. The van der Waals surface area contributed by atoms with Crippen LogP contribution in [0.5, 0.6) is 0 Å². The fraction of sp³-hybridized carbons (Fsp3) is 0.667. The van der Waals surface area contributed by atoms with E-state index in [1.165, 1.54) is 12.0 Å². The quantitative estimate of drug-likeness (QED) is 0.450. The lowest BCUT2D eigenvalue weighted by Crippen LogP contribution is -2.46. The molecule has 0 saturated carbocycles. The van der Waals surface area contributed by atoms with Gasteiger partial charge in [-0.2, -0.15) is 0 Å². The Balaban J connectivity index is 1.33. The monoisotopic (exact) mass is 374 g/mol. The van der Waals surface area contributed by atoms with Gasteiger partial charge in [0.15, 0.2) is 5.96 Å². The van der Waals surface area contributed by atoms with E-state index in [9.17, 15) is 0 Å². The molecule has 2 fully saturated rings. The van der Waals surface area contributed by atoms with Crippen LogP contribution in [0.3, 0.4) is 0 Å². The molecule has 1 aromatic rings. The van der Waals surface area contributed by atoms with E-state index in [1.807, 2.05) is 13.1 Å². The number of rotatable bonds is 7. The van der Waals surface area contributed by atoms with Crippen LogP contribution in [0.4, 0.5) is 0 Å². The van der Waals surface area contributed by atoms with Gasteiger partial charge in [0.25, 0.3) is 0 Å². The van der Waals surface area contributed by atoms with Crippen molar-refractivity contribution in [2.45, 2.75) is 31.9 Å². The molecule has 2 aliphatic heterocycles. The van der Waals surface area contributed by atoms with Crippen LogP contribution in [0.15, 0.2) is 35.3 Å². The molecule has 1 aromatic carbocycles. The predicted molar refractivity (Wildman–Crippen MR) is 109 cm³/mol. The summed E-state index contributed by atoms with van der Waals surface area (Å²) in [6.07, 6.45) is 2.31. The second-order valence-corrected chi connectivity index (χ2v) is 7.29. The van der Waals surface area contributed by atoms with Crippen molar-refractivity contribution in [3.63, 3.8) is 0 Å². The molecule has 2 heterocycles. The van der Waals surface area contributed by atoms with Crippen LogP contribution < -0.4 is 5.32 Å². The number of guanidine groups is 1. The molecule has 6 nitrogen and oxygen atoms in total. The number of hydrogen-bond donors (Lipinski definition) is 1. The van der Waals surface area contributed by atoms with Crippen molar-refractivity contribution in [1.29, 1.82) is 0 Å². The van der Waals surface area contributed by atoms with Gasteiger partial charge in [-0.1, -0.05) is 30.3 Å². The van der Waals surface area contributed by atoms with Crippen molar-refractivity contribution in [3.05, 3.63) is 35.9 Å². The summed E-state index contributed by atoms with van der Waals surface area (Å²) in [7, 11) is 1.87. The Hall–Kier alpha value is -1.63. The van der Waals surface area contributed by atoms with Crippen LogP contribution in [0.25, 0.3) is 0 Å². The molecule has 0 aliphatic carbocycles. The molecular formula is C21H34N4O2. The Bertz CT molecular complexity index is 575. The van der Waals surface area contributed by atoms with E-state index in [1.54, 1.807) is 0 Å². The van der Waals surface area contributed by atoms with E-state index in [-0.39, 0.29) is 6.10 Å². The predicted octanol–water partition coefficient (Wildman–Crippen LogP) is 2.14. The van der Waals surface area contributed by atoms with Crippen LogP contribution >= 0.6 is 0 Å². The van der Waals surface area contributed by atoms with Crippen LogP contribution in [0.2, 0.25) is 0 Å². The van der Waals surface area contributed by atoms with Crippen molar-refractivity contribution >= 4 is 5.96 Å². The lowest BCUT2D eigenvalue weighted by atomic mass is 10.1. The Morgan fingerprint density at radius 1 is 1.26 bits per heavy atom. The summed E-state index contributed by atoms with van der Waals surface area (Å²) >= 11 is 0. The van der Waals surface area contributed by atoms with Gasteiger partial charge < -0.3 is 19.7 Å². The maximum absolute atomic E-state index is 5.95. The fourth-order valence-electron chi connectivity index (χ4n) is 3.86. The van der Waals surface area contributed by atoms with Gasteiger partial charge in [-0.05, 0) is 25.3 Å². The van der Waals surface area contributed by atoms with Crippen LogP contribution in [-0.4, -0.2) is 81.4 Å². The number of hydrogen-bond acceptors (Lipinski definition) is 4. The van der Waals surface area contributed by atoms with E-state index in [2.05, 4.69) is 51.3 Å². The first-order valence-electron chi connectivity index (χ1n) is 10.2. The van der Waals surface area contributed by atoms with Crippen LogP contribution in [-0.2, 0) is 9.47 Å². The summed E-state index contributed by atoms with van der Waals surface area (Å²) in [5, 5.41) is 3.50. The second-order valence-electron chi connectivity index (χ2n) is 7.29. The first kappa shape index (κ1) is 20.1. The Kier molecular flexibility index (Phi) is 7.93. The SMILES string of the molecule is CN=C(NCCCOC(C)c1ccccc1)N1CCC(N2CCOCC2)C1. The molecular weight excluding hydrogens is 340 g/mol.